The van der Waals surface area contributed by atoms with Crippen molar-refractivity contribution in [3.05, 3.63) is 81.9 Å². The van der Waals surface area contributed by atoms with Crippen LogP contribution in [0, 0.1) is 0 Å². The van der Waals surface area contributed by atoms with E-state index in [2.05, 4.69) is 0 Å². The highest BCUT2D eigenvalue weighted by atomic mass is 16.5. The molecule has 0 saturated carbocycles. The van der Waals surface area contributed by atoms with Crippen LogP contribution in [0.3, 0.4) is 0 Å². The van der Waals surface area contributed by atoms with E-state index in [1.807, 2.05) is 0 Å². The van der Waals surface area contributed by atoms with Crippen LogP contribution in [-0.2, 0) is 6.42 Å². The number of hydrogen-bond acceptors (Lipinski definition) is 13. The number of phenols is 8. The SMILES string of the molecule is OCCCCC(c1cc2c(cc1O)OC(c1cc(O)c(O)c(O)c1)C(O)C2)c1cc2c(cc1O)OCC(c1cc(O)c(O)c(O)c1)C2O. The molecule has 254 valence electrons. The topological polar surface area (TPSA) is 241 Å². The Hall–Kier alpha value is -5.24. The Kier molecular flexibility index (Phi) is 8.69. The number of benzene rings is 4. The number of ether oxygens (including phenoxy) is 2. The number of phenolic OH excluding ortho intramolecular Hbond substituents is 8. The van der Waals surface area contributed by atoms with E-state index in [4.69, 9.17) is 9.47 Å². The lowest BCUT2D eigenvalue weighted by Crippen LogP contribution is -2.30. The molecule has 11 N–H and O–H groups in total. The summed E-state index contributed by atoms with van der Waals surface area (Å²) in [6, 6.07) is 10.7. The van der Waals surface area contributed by atoms with E-state index in [0.29, 0.717) is 47.1 Å². The maximum absolute atomic E-state index is 11.5. The van der Waals surface area contributed by atoms with Crippen molar-refractivity contribution in [2.75, 3.05) is 13.2 Å². The second-order valence-corrected chi connectivity index (χ2v) is 12.2. The molecule has 6 rings (SSSR count). The highest BCUT2D eigenvalue weighted by molar-refractivity contribution is 5.58. The molecule has 0 aliphatic carbocycles. The largest absolute Gasteiger partial charge is 0.508 e. The van der Waals surface area contributed by atoms with Crippen LogP contribution in [0.5, 0.6) is 57.5 Å². The van der Waals surface area contributed by atoms with Gasteiger partial charge >= 0.3 is 0 Å². The van der Waals surface area contributed by atoms with Crippen LogP contribution in [0.4, 0.5) is 0 Å². The third kappa shape index (κ3) is 5.87. The lowest BCUT2D eigenvalue weighted by molar-refractivity contribution is 0.0203. The maximum Gasteiger partial charge on any atom is 0.200 e. The highest BCUT2D eigenvalue weighted by Crippen LogP contribution is 2.50. The minimum Gasteiger partial charge on any atom is -0.508 e. The Morgan fingerprint density at radius 2 is 1.21 bits per heavy atom. The van der Waals surface area contributed by atoms with Gasteiger partial charge in [-0.3, -0.25) is 0 Å². The van der Waals surface area contributed by atoms with Crippen LogP contribution in [0.25, 0.3) is 0 Å². The van der Waals surface area contributed by atoms with Crippen LogP contribution < -0.4 is 9.47 Å². The van der Waals surface area contributed by atoms with Gasteiger partial charge in [-0.05, 0) is 60.4 Å². The van der Waals surface area contributed by atoms with E-state index in [1.165, 1.54) is 24.3 Å². The normalized spacial score (nSPS) is 20.6. The van der Waals surface area contributed by atoms with E-state index >= 15 is 0 Å². The van der Waals surface area contributed by atoms with Crippen LogP contribution in [-0.4, -0.2) is 75.5 Å². The lowest BCUT2D eigenvalue weighted by Gasteiger charge is -2.33. The zero-order chi connectivity index (χ0) is 34.4. The molecule has 5 unspecified atom stereocenters. The Morgan fingerprint density at radius 1 is 0.646 bits per heavy atom. The molecule has 0 saturated heterocycles. The summed E-state index contributed by atoms with van der Waals surface area (Å²) in [6.07, 6.45) is -2.07. The van der Waals surface area contributed by atoms with Crippen molar-refractivity contribution in [3.8, 4) is 57.5 Å². The molecule has 4 aromatic carbocycles. The highest BCUT2D eigenvalue weighted by Gasteiger charge is 2.36. The number of unbranched alkanes of at least 4 members (excludes halogenated alkanes) is 1. The smallest absolute Gasteiger partial charge is 0.200 e. The first-order chi connectivity index (χ1) is 22.9. The summed E-state index contributed by atoms with van der Waals surface area (Å²) in [7, 11) is 0. The quantitative estimate of drug-likeness (QED) is 0.0948. The molecule has 4 aromatic rings. The minimum absolute atomic E-state index is 0.0514. The summed E-state index contributed by atoms with van der Waals surface area (Å²) in [6.45, 7) is -0.141. The zero-order valence-corrected chi connectivity index (χ0v) is 25.5. The molecule has 0 aromatic heterocycles. The van der Waals surface area contributed by atoms with Crippen molar-refractivity contribution in [3.63, 3.8) is 0 Å². The number of aromatic hydroxyl groups is 8. The van der Waals surface area contributed by atoms with E-state index < -0.39 is 64.6 Å². The van der Waals surface area contributed by atoms with Crippen molar-refractivity contribution in [1.29, 1.82) is 0 Å². The van der Waals surface area contributed by atoms with Crippen molar-refractivity contribution in [2.24, 2.45) is 0 Å². The summed E-state index contributed by atoms with van der Waals surface area (Å²) in [5.41, 5.74) is 2.05. The first-order valence-corrected chi connectivity index (χ1v) is 15.4. The molecule has 0 radical (unpaired) electrons. The van der Waals surface area contributed by atoms with Gasteiger partial charge in [0, 0.05) is 59.3 Å². The van der Waals surface area contributed by atoms with Crippen LogP contribution in [0.1, 0.15) is 76.7 Å². The third-order valence-corrected chi connectivity index (χ3v) is 9.11. The molecule has 0 bridgehead atoms. The molecule has 48 heavy (non-hydrogen) atoms. The Bertz CT molecular complexity index is 1810. The van der Waals surface area contributed by atoms with Gasteiger partial charge in [0.15, 0.2) is 40.6 Å². The standard InChI is InChI=1S/C35H36O13/c36-4-2-1-3-18(19-5-16-8-29(43)35(48-30(16)12-23(19)37)17-9-27(41)34(46)28(42)10-17)20-11-21-31(13-24(20)38)47-14-22(32(21)44)15-6-25(39)33(45)26(40)7-15/h5-7,9-13,18,22,29,32,35-46H,1-4,8,14H2. The van der Waals surface area contributed by atoms with Crippen LogP contribution in [0.15, 0.2) is 48.5 Å². The molecular weight excluding hydrogens is 628 g/mol. The van der Waals surface area contributed by atoms with Crippen molar-refractivity contribution in [1.82, 2.24) is 0 Å². The molecular formula is C35H36O13. The van der Waals surface area contributed by atoms with E-state index in [-0.39, 0.29) is 48.2 Å². The Balaban J connectivity index is 1.37. The minimum atomic E-state index is -1.22. The van der Waals surface area contributed by atoms with Crippen LogP contribution in [0.2, 0.25) is 0 Å². The van der Waals surface area contributed by atoms with Crippen molar-refractivity contribution in [2.45, 2.75) is 55.8 Å². The van der Waals surface area contributed by atoms with Gasteiger partial charge < -0.3 is 65.6 Å². The first-order valence-electron chi connectivity index (χ1n) is 15.4. The fraction of sp³-hybridized carbons (Fsp3) is 0.314. The molecule has 0 fully saturated rings. The van der Waals surface area contributed by atoms with Crippen molar-refractivity contribution >= 4 is 0 Å². The molecule has 13 heteroatoms. The maximum atomic E-state index is 11.5. The van der Waals surface area contributed by atoms with E-state index in [0.717, 1.165) is 12.1 Å². The van der Waals surface area contributed by atoms with Gasteiger partial charge in [0.25, 0.3) is 0 Å². The van der Waals surface area contributed by atoms with Gasteiger partial charge in [-0.2, -0.15) is 0 Å². The first kappa shape index (κ1) is 32.7. The molecule has 2 heterocycles. The van der Waals surface area contributed by atoms with Gasteiger partial charge in [-0.25, -0.2) is 0 Å². The molecule has 0 spiro atoms. The average Bonchev–Trinajstić information content (AvgIpc) is 3.04. The van der Waals surface area contributed by atoms with Gasteiger partial charge in [-0.1, -0.05) is 6.42 Å². The second kappa shape index (κ2) is 12.8. The van der Waals surface area contributed by atoms with E-state index in [9.17, 15) is 56.2 Å². The summed E-state index contributed by atoms with van der Waals surface area (Å²) in [5, 5.41) is 114. The fourth-order valence-corrected chi connectivity index (χ4v) is 6.59. The van der Waals surface area contributed by atoms with Gasteiger partial charge in [0.1, 0.15) is 23.0 Å². The number of fused-ring (bicyclic) bond motifs is 2. The average molecular weight is 665 g/mol. The second-order valence-electron chi connectivity index (χ2n) is 12.2. The van der Waals surface area contributed by atoms with Crippen molar-refractivity contribution < 1.29 is 65.6 Å². The molecule has 2 aliphatic rings. The van der Waals surface area contributed by atoms with Gasteiger partial charge in [0.05, 0.1) is 18.8 Å². The predicted octanol–water partition coefficient (Wildman–Crippen LogP) is 3.87. The molecule has 0 amide bonds. The van der Waals surface area contributed by atoms with Gasteiger partial charge in [0.2, 0.25) is 0 Å². The Labute approximate surface area is 274 Å². The summed E-state index contributed by atoms with van der Waals surface area (Å²) >= 11 is 0. The summed E-state index contributed by atoms with van der Waals surface area (Å²) in [5.74, 6) is -5.09. The Morgan fingerprint density at radius 3 is 1.81 bits per heavy atom. The van der Waals surface area contributed by atoms with Crippen LogP contribution >= 0.6 is 0 Å². The number of hydrogen-bond donors (Lipinski definition) is 11. The van der Waals surface area contributed by atoms with Gasteiger partial charge in [-0.15, -0.1) is 0 Å². The molecule has 2 aliphatic heterocycles. The third-order valence-electron chi connectivity index (χ3n) is 9.11. The fourth-order valence-electron chi connectivity index (χ4n) is 6.59. The molecule has 13 nitrogen and oxygen atoms in total. The number of aliphatic hydroxyl groups excluding tert-OH is 3. The number of aliphatic hydroxyl groups is 3. The number of rotatable bonds is 8. The predicted molar refractivity (Wildman–Crippen MR) is 168 cm³/mol. The summed E-state index contributed by atoms with van der Waals surface area (Å²) < 4.78 is 11.8. The lowest BCUT2D eigenvalue weighted by atomic mass is 9.81. The summed E-state index contributed by atoms with van der Waals surface area (Å²) in [4.78, 5) is 0. The monoisotopic (exact) mass is 664 g/mol. The molecule has 5 atom stereocenters. The zero-order valence-electron chi connectivity index (χ0n) is 25.5. The van der Waals surface area contributed by atoms with E-state index in [1.54, 1.807) is 12.1 Å².